The van der Waals surface area contributed by atoms with Crippen LogP contribution in [0.5, 0.6) is 0 Å². The first-order chi connectivity index (χ1) is 12.8. The van der Waals surface area contributed by atoms with Gasteiger partial charge >= 0.3 is 0 Å². The van der Waals surface area contributed by atoms with E-state index in [1.807, 2.05) is 27.7 Å². The van der Waals surface area contributed by atoms with Gasteiger partial charge in [-0.2, -0.15) is 4.98 Å². The first-order valence-electron chi connectivity index (χ1n) is 8.62. The van der Waals surface area contributed by atoms with Gasteiger partial charge in [-0.05, 0) is 51.0 Å². The first-order valence-corrected chi connectivity index (χ1v) is 9.61. The van der Waals surface area contributed by atoms with E-state index in [1.165, 1.54) is 23.9 Å². The van der Waals surface area contributed by atoms with Crippen LogP contribution in [0.25, 0.3) is 5.78 Å². The summed E-state index contributed by atoms with van der Waals surface area (Å²) in [4.78, 5) is 23.0. The standard InChI is InChI=1S/C19H22FN5OS/c1-11-12(2)21-18-22-19(23-25(18)13(11)3)27-10-17(26)24(5)14(4)15-6-8-16(20)9-7-15/h6-9,14H,10H2,1-5H3. The number of hydrogen-bond donors (Lipinski definition) is 0. The summed E-state index contributed by atoms with van der Waals surface area (Å²) in [5, 5.41) is 4.97. The minimum absolute atomic E-state index is 0.0484. The fraction of sp³-hybridized carbons (Fsp3) is 0.368. The van der Waals surface area contributed by atoms with Gasteiger partial charge in [-0.3, -0.25) is 4.79 Å². The Kier molecular flexibility index (Phi) is 5.46. The second-order valence-electron chi connectivity index (χ2n) is 6.53. The molecule has 0 saturated carbocycles. The van der Waals surface area contributed by atoms with Crippen molar-refractivity contribution in [3.63, 3.8) is 0 Å². The molecular weight excluding hydrogens is 365 g/mol. The summed E-state index contributed by atoms with van der Waals surface area (Å²) < 4.78 is 14.8. The number of benzene rings is 1. The lowest BCUT2D eigenvalue weighted by Gasteiger charge is -2.25. The van der Waals surface area contributed by atoms with Crippen molar-refractivity contribution in [2.24, 2.45) is 0 Å². The maximum Gasteiger partial charge on any atom is 0.253 e. The van der Waals surface area contributed by atoms with Crippen molar-refractivity contribution in [1.82, 2.24) is 24.5 Å². The zero-order valence-electron chi connectivity index (χ0n) is 16.0. The molecule has 0 aliphatic rings. The number of amides is 1. The molecule has 8 heteroatoms. The van der Waals surface area contributed by atoms with Crippen LogP contribution in [0.15, 0.2) is 29.4 Å². The van der Waals surface area contributed by atoms with E-state index >= 15 is 0 Å². The Hall–Kier alpha value is -2.48. The number of nitrogens with zero attached hydrogens (tertiary/aromatic N) is 5. The molecule has 1 amide bonds. The molecule has 1 aromatic carbocycles. The predicted molar refractivity (Wildman–Crippen MR) is 103 cm³/mol. The molecule has 2 heterocycles. The number of thioether (sulfide) groups is 1. The average molecular weight is 387 g/mol. The van der Waals surface area contributed by atoms with E-state index in [0.717, 1.165) is 22.5 Å². The second kappa shape index (κ2) is 7.64. The first kappa shape index (κ1) is 19.3. The van der Waals surface area contributed by atoms with E-state index in [4.69, 9.17) is 0 Å². The predicted octanol–water partition coefficient (Wildman–Crippen LogP) is 3.50. The van der Waals surface area contributed by atoms with Crippen molar-refractivity contribution < 1.29 is 9.18 Å². The topological polar surface area (TPSA) is 63.4 Å². The van der Waals surface area contributed by atoms with Crippen LogP contribution in [-0.2, 0) is 4.79 Å². The molecule has 3 aromatic rings. The highest BCUT2D eigenvalue weighted by Gasteiger charge is 2.19. The molecule has 0 radical (unpaired) electrons. The number of carbonyl (C=O) groups is 1. The van der Waals surface area contributed by atoms with Gasteiger partial charge < -0.3 is 4.90 Å². The van der Waals surface area contributed by atoms with E-state index in [0.29, 0.717) is 10.9 Å². The molecule has 0 aliphatic carbocycles. The fourth-order valence-electron chi connectivity index (χ4n) is 2.71. The number of aryl methyl sites for hydroxylation is 2. The van der Waals surface area contributed by atoms with Gasteiger partial charge in [-0.1, -0.05) is 23.9 Å². The maximum atomic E-state index is 13.1. The molecule has 1 atom stereocenters. The normalized spacial score (nSPS) is 12.4. The Morgan fingerprint density at radius 1 is 1.22 bits per heavy atom. The van der Waals surface area contributed by atoms with Crippen LogP contribution in [-0.4, -0.2) is 43.2 Å². The largest absolute Gasteiger partial charge is 0.338 e. The molecule has 0 aliphatic heterocycles. The van der Waals surface area contributed by atoms with Crippen LogP contribution in [0.1, 0.15) is 35.5 Å². The van der Waals surface area contributed by atoms with Crippen LogP contribution < -0.4 is 0 Å². The zero-order valence-corrected chi connectivity index (χ0v) is 16.8. The van der Waals surface area contributed by atoms with Gasteiger partial charge in [0.15, 0.2) is 0 Å². The molecule has 0 N–H and O–H groups in total. The average Bonchev–Trinajstić information content (AvgIpc) is 3.06. The highest BCUT2D eigenvalue weighted by atomic mass is 32.2. The Morgan fingerprint density at radius 2 is 1.89 bits per heavy atom. The van der Waals surface area contributed by atoms with Gasteiger partial charge in [-0.25, -0.2) is 13.9 Å². The summed E-state index contributed by atoms with van der Waals surface area (Å²) >= 11 is 1.28. The molecule has 0 saturated heterocycles. The van der Waals surface area contributed by atoms with Gasteiger partial charge in [0.2, 0.25) is 11.1 Å². The summed E-state index contributed by atoms with van der Waals surface area (Å²) in [7, 11) is 1.74. The van der Waals surface area contributed by atoms with E-state index in [-0.39, 0.29) is 23.5 Å². The Labute approximate surface area is 161 Å². The van der Waals surface area contributed by atoms with Crippen LogP contribution in [0, 0.1) is 26.6 Å². The summed E-state index contributed by atoms with van der Waals surface area (Å²) in [6, 6.07) is 6.04. The Bertz CT molecular complexity index is 986. The van der Waals surface area contributed by atoms with E-state index < -0.39 is 0 Å². The number of aromatic nitrogens is 4. The monoisotopic (exact) mass is 387 g/mol. The molecule has 0 fully saturated rings. The van der Waals surface area contributed by atoms with Crippen LogP contribution in [0.2, 0.25) is 0 Å². The van der Waals surface area contributed by atoms with Gasteiger partial charge in [0.1, 0.15) is 5.82 Å². The lowest BCUT2D eigenvalue weighted by molar-refractivity contribution is -0.128. The van der Waals surface area contributed by atoms with Crippen molar-refractivity contribution in [3.05, 3.63) is 52.6 Å². The maximum absolute atomic E-state index is 13.1. The molecule has 3 rings (SSSR count). The molecule has 0 bridgehead atoms. The highest BCUT2D eigenvalue weighted by molar-refractivity contribution is 7.99. The third kappa shape index (κ3) is 3.95. The third-order valence-electron chi connectivity index (χ3n) is 4.89. The molecule has 2 aromatic heterocycles. The van der Waals surface area contributed by atoms with Crippen LogP contribution in [0.4, 0.5) is 4.39 Å². The molecule has 0 spiro atoms. The number of fused-ring (bicyclic) bond motifs is 1. The van der Waals surface area contributed by atoms with E-state index in [2.05, 4.69) is 15.1 Å². The summed E-state index contributed by atoms with van der Waals surface area (Å²) in [6.07, 6.45) is 0. The number of hydrogen-bond acceptors (Lipinski definition) is 5. The van der Waals surface area contributed by atoms with Gasteiger partial charge in [0.05, 0.1) is 11.8 Å². The van der Waals surface area contributed by atoms with Crippen molar-refractivity contribution in [1.29, 1.82) is 0 Å². The van der Waals surface area contributed by atoms with Crippen molar-refractivity contribution in [2.45, 2.75) is 38.9 Å². The van der Waals surface area contributed by atoms with Gasteiger partial charge in [0, 0.05) is 18.4 Å². The van der Waals surface area contributed by atoms with Crippen LogP contribution in [0.3, 0.4) is 0 Å². The van der Waals surface area contributed by atoms with E-state index in [9.17, 15) is 9.18 Å². The zero-order chi connectivity index (χ0) is 19.7. The minimum atomic E-state index is -0.289. The quantitative estimate of drug-likeness (QED) is 0.627. The van der Waals surface area contributed by atoms with Crippen molar-refractivity contribution in [3.8, 4) is 0 Å². The van der Waals surface area contributed by atoms with Gasteiger partial charge in [-0.15, -0.1) is 5.10 Å². The number of rotatable bonds is 5. The smallest absolute Gasteiger partial charge is 0.253 e. The van der Waals surface area contributed by atoms with Crippen molar-refractivity contribution >= 4 is 23.4 Å². The van der Waals surface area contributed by atoms with Gasteiger partial charge in [0.25, 0.3) is 5.78 Å². The molecule has 6 nitrogen and oxygen atoms in total. The molecular formula is C19H22FN5OS. The number of halogens is 1. The second-order valence-corrected chi connectivity index (χ2v) is 7.48. The summed E-state index contributed by atoms with van der Waals surface area (Å²) in [5.41, 5.74) is 3.87. The van der Waals surface area contributed by atoms with Crippen molar-refractivity contribution in [2.75, 3.05) is 12.8 Å². The molecule has 1 unspecified atom stereocenters. The lowest BCUT2D eigenvalue weighted by atomic mass is 10.1. The minimum Gasteiger partial charge on any atom is -0.338 e. The van der Waals surface area contributed by atoms with E-state index in [1.54, 1.807) is 28.6 Å². The summed E-state index contributed by atoms with van der Waals surface area (Å²) in [5.74, 6) is 0.421. The fourth-order valence-corrected chi connectivity index (χ4v) is 3.45. The lowest BCUT2D eigenvalue weighted by Crippen LogP contribution is -2.31. The molecule has 27 heavy (non-hydrogen) atoms. The number of carbonyl (C=O) groups excluding carboxylic acids is 1. The Balaban J connectivity index is 1.69. The van der Waals surface area contributed by atoms with Crippen LogP contribution >= 0.6 is 11.8 Å². The third-order valence-corrected chi connectivity index (χ3v) is 5.72. The SMILES string of the molecule is Cc1nc2nc(SCC(=O)N(C)C(C)c3ccc(F)cc3)nn2c(C)c1C. The summed E-state index contributed by atoms with van der Waals surface area (Å²) in [6.45, 7) is 7.83. The Morgan fingerprint density at radius 3 is 2.56 bits per heavy atom. The highest BCUT2D eigenvalue weighted by Crippen LogP contribution is 2.22. The molecule has 142 valence electrons.